The predicted molar refractivity (Wildman–Crippen MR) is 40.8 cm³/mol. The standard InChI is InChI=1S/C6H8O5S/c1-2-3-4-12(9,10)11-5-6(7)8/h4-5H2,1H3,(H,7,8). The molecular weight excluding hydrogens is 184 g/mol. The molecule has 0 aromatic carbocycles. The second kappa shape index (κ2) is 4.74. The molecule has 0 aliphatic heterocycles. The van der Waals surface area contributed by atoms with Crippen molar-refractivity contribution in [3.05, 3.63) is 0 Å². The van der Waals surface area contributed by atoms with E-state index in [0.717, 1.165) is 0 Å². The van der Waals surface area contributed by atoms with E-state index in [4.69, 9.17) is 5.11 Å². The van der Waals surface area contributed by atoms with E-state index >= 15 is 0 Å². The van der Waals surface area contributed by atoms with Crippen molar-refractivity contribution in [3.63, 3.8) is 0 Å². The molecule has 5 nitrogen and oxygen atoms in total. The summed E-state index contributed by atoms with van der Waals surface area (Å²) in [6.45, 7) is 0.625. The first-order chi connectivity index (χ1) is 5.48. The van der Waals surface area contributed by atoms with Crippen molar-refractivity contribution < 1.29 is 22.5 Å². The van der Waals surface area contributed by atoms with Gasteiger partial charge in [0.1, 0.15) is 5.75 Å². The Bertz CT molecular complexity index is 305. The van der Waals surface area contributed by atoms with Crippen molar-refractivity contribution in [1.29, 1.82) is 0 Å². The Morgan fingerprint density at radius 2 is 2.17 bits per heavy atom. The van der Waals surface area contributed by atoms with E-state index in [2.05, 4.69) is 16.0 Å². The molecule has 0 aromatic rings. The molecule has 0 rings (SSSR count). The van der Waals surface area contributed by atoms with Crippen LogP contribution in [-0.4, -0.2) is 31.9 Å². The Balaban J connectivity index is 4.03. The third kappa shape index (κ3) is 5.70. The number of rotatable bonds is 4. The number of aliphatic carboxylic acids is 1. The van der Waals surface area contributed by atoms with Gasteiger partial charge in [-0.3, -0.25) is 4.18 Å². The van der Waals surface area contributed by atoms with Crippen LogP contribution in [0.2, 0.25) is 0 Å². The van der Waals surface area contributed by atoms with Gasteiger partial charge in [-0.1, -0.05) is 5.92 Å². The fourth-order valence-corrected chi connectivity index (χ4v) is 1.03. The van der Waals surface area contributed by atoms with Gasteiger partial charge in [-0.15, -0.1) is 5.92 Å². The molecule has 0 radical (unpaired) electrons. The lowest BCUT2D eigenvalue weighted by Gasteiger charge is -1.97. The van der Waals surface area contributed by atoms with Crippen LogP contribution in [0.25, 0.3) is 0 Å². The minimum absolute atomic E-state index is 0.475. The first kappa shape index (κ1) is 10.9. The summed E-state index contributed by atoms with van der Waals surface area (Å²) in [5.74, 6) is 2.81. The van der Waals surface area contributed by atoms with Gasteiger partial charge in [-0.2, -0.15) is 8.42 Å². The van der Waals surface area contributed by atoms with Gasteiger partial charge < -0.3 is 5.11 Å². The van der Waals surface area contributed by atoms with E-state index in [1.54, 1.807) is 0 Å². The van der Waals surface area contributed by atoms with E-state index in [9.17, 15) is 13.2 Å². The zero-order chi connectivity index (χ0) is 9.61. The van der Waals surface area contributed by atoms with Gasteiger partial charge in [0.05, 0.1) is 0 Å². The average Bonchev–Trinajstić information content (AvgIpc) is 1.98. The van der Waals surface area contributed by atoms with Gasteiger partial charge in [0, 0.05) is 0 Å². The second-order valence-corrected chi connectivity index (χ2v) is 3.42. The normalized spacial score (nSPS) is 10.1. The monoisotopic (exact) mass is 192 g/mol. The van der Waals surface area contributed by atoms with Gasteiger partial charge >= 0.3 is 5.97 Å². The fourth-order valence-electron chi connectivity index (χ4n) is 0.342. The van der Waals surface area contributed by atoms with E-state index in [0.29, 0.717) is 0 Å². The lowest BCUT2D eigenvalue weighted by atomic mass is 10.7. The highest BCUT2D eigenvalue weighted by molar-refractivity contribution is 7.86. The van der Waals surface area contributed by atoms with Crippen molar-refractivity contribution >= 4 is 16.1 Å². The number of carboxylic acids is 1. The van der Waals surface area contributed by atoms with E-state index in [-0.39, 0.29) is 0 Å². The molecule has 0 aliphatic rings. The first-order valence-electron chi connectivity index (χ1n) is 2.96. The summed E-state index contributed by atoms with van der Waals surface area (Å²) >= 11 is 0. The molecule has 0 fully saturated rings. The molecule has 12 heavy (non-hydrogen) atoms. The molecule has 0 heterocycles. The van der Waals surface area contributed by atoms with Crippen LogP contribution >= 0.6 is 0 Å². The van der Waals surface area contributed by atoms with Crippen LogP contribution in [0, 0.1) is 11.8 Å². The first-order valence-corrected chi connectivity index (χ1v) is 4.54. The highest BCUT2D eigenvalue weighted by Gasteiger charge is 2.10. The minimum atomic E-state index is -3.79. The summed E-state index contributed by atoms with van der Waals surface area (Å²) in [6, 6.07) is 0. The van der Waals surface area contributed by atoms with E-state index in [1.807, 2.05) is 0 Å². The molecule has 1 N–H and O–H groups in total. The molecule has 0 unspecified atom stereocenters. The molecule has 68 valence electrons. The van der Waals surface area contributed by atoms with Gasteiger partial charge in [0.2, 0.25) is 0 Å². The molecular formula is C6H8O5S. The van der Waals surface area contributed by atoms with Crippen molar-refractivity contribution in [1.82, 2.24) is 0 Å². The largest absolute Gasteiger partial charge is 0.479 e. The summed E-state index contributed by atoms with van der Waals surface area (Å²) in [7, 11) is -3.79. The van der Waals surface area contributed by atoms with Gasteiger partial charge in [-0.05, 0) is 6.92 Å². The van der Waals surface area contributed by atoms with Crippen molar-refractivity contribution in [2.75, 3.05) is 12.4 Å². The summed E-state index contributed by atoms with van der Waals surface area (Å²) < 4.78 is 25.5. The smallest absolute Gasteiger partial charge is 0.331 e. The summed E-state index contributed by atoms with van der Waals surface area (Å²) in [5, 5.41) is 8.08. The van der Waals surface area contributed by atoms with Crippen molar-refractivity contribution in [2.24, 2.45) is 0 Å². The highest BCUT2D eigenvalue weighted by Crippen LogP contribution is 1.91. The number of hydrogen-bond acceptors (Lipinski definition) is 4. The van der Waals surface area contributed by atoms with Crippen LogP contribution in [0.1, 0.15) is 6.92 Å². The number of carbonyl (C=O) groups is 1. The van der Waals surface area contributed by atoms with Crippen LogP contribution in [0.3, 0.4) is 0 Å². The summed E-state index contributed by atoms with van der Waals surface area (Å²) in [5.41, 5.74) is 0. The maximum atomic E-state index is 10.7. The van der Waals surface area contributed by atoms with Crippen LogP contribution in [0.5, 0.6) is 0 Å². The topological polar surface area (TPSA) is 80.7 Å². The maximum absolute atomic E-state index is 10.7. The molecule has 0 aromatic heterocycles. The Morgan fingerprint density at radius 3 is 2.58 bits per heavy atom. The minimum Gasteiger partial charge on any atom is -0.479 e. The van der Waals surface area contributed by atoms with E-state index in [1.165, 1.54) is 6.92 Å². The summed E-state index contributed by atoms with van der Waals surface area (Å²) in [6.07, 6.45) is 0. The lowest BCUT2D eigenvalue weighted by molar-refractivity contribution is -0.139. The summed E-state index contributed by atoms with van der Waals surface area (Å²) in [4.78, 5) is 9.89. The van der Waals surface area contributed by atoms with Gasteiger partial charge in [-0.25, -0.2) is 4.79 Å². The third-order valence-electron chi connectivity index (χ3n) is 0.788. The molecule has 0 amide bonds. The fraction of sp³-hybridized carbons (Fsp3) is 0.500. The maximum Gasteiger partial charge on any atom is 0.331 e. The molecule has 0 aliphatic carbocycles. The third-order valence-corrected chi connectivity index (χ3v) is 1.76. The van der Waals surface area contributed by atoms with Crippen LogP contribution in [0.15, 0.2) is 0 Å². The lowest BCUT2D eigenvalue weighted by Crippen LogP contribution is -2.15. The van der Waals surface area contributed by atoms with Gasteiger partial charge in [0.25, 0.3) is 10.1 Å². The Kier molecular flexibility index (Phi) is 4.33. The average molecular weight is 192 g/mol. The zero-order valence-electron chi connectivity index (χ0n) is 6.40. The molecule has 0 bridgehead atoms. The zero-order valence-corrected chi connectivity index (χ0v) is 7.22. The molecule has 0 saturated carbocycles. The predicted octanol–water partition coefficient (Wildman–Crippen LogP) is -0.559. The quantitative estimate of drug-likeness (QED) is 0.477. The van der Waals surface area contributed by atoms with Gasteiger partial charge in [0.15, 0.2) is 6.61 Å². The molecule has 0 saturated heterocycles. The SMILES string of the molecule is CC#CCS(=O)(=O)OCC(=O)O. The van der Waals surface area contributed by atoms with Crippen LogP contribution < -0.4 is 0 Å². The Labute approximate surface area is 70.5 Å². The van der Waals surface area contributed by atoms with Crippen molar-refractivity contribution in [2.45, 2.75) is 6.92 Å². The Hall–Kier alpha value is -1.06. The highest BCUT2D eigenvalue weighted by atomic mass is 32.2. The number of hydrogen-bond donors (Lipinski definition) is 1. The molecule has 6 heteroatoms. The van der Waals surface area contributed by atoms with Crippen LogP contribution in [0.4, 0.5) is 0 Å². The Morgan fingerprint density at radius 1 is 1.58 bits per heavy atom. The number of carboxylic acid groups (broad SMARTS) is 1. The molecule has 0 spiro atoms. The van der Waals surface area contributed by atoms with Crippen LogP contribution in [-0.2, 0) is 19.1 Å². The molecule has 0 atom stereocenters. The van der Waals surface area contributed by atoms with Crippen molar-refractivity contribution in [3.8, 4) is 11.8 Å². The second-order valence-electron chi connectivity index (χ2n) is 1.78. The van der Waals surface area contributed by atoms with E-state index < -0.39 is 28.4 Å².